The molecule has 1 fully saturated rings. The predicted octanol–water partition coefficient (Wildman–Crippen LogP) is 3.24. The van der Waals surface area contributed by atoms with E-state index in [0.717, 1.165) is 6.42 Å². The summed E-state index contributed by atoms with van der Waals surface area (Å²) in [6, 6.07) is 2.88. The molecular formula is C13H18Cl2N2O2S. The number of rotatable bonds is 2. The van der Waals surface area contributed by atoms with Gasteiger partial charge in [-0.25, -0.2) is 8.42 Å². The Morgan fingerprint density at radius 2 is 1.75 bits per heavy atom. The summed E-state index contributed by atoms with van der Waals surface area (Å²) in [7, 11) is -3.64. The molecule has 2 atom stereocenters. The molecule has 0 amide bonds. The quantitative estimate of drug-likeness (QED) is 0.843. The molecule has 1 aliphatic heterocycles. The molecule has 20 heavy (non-hydrogen) atoms. The minimum atomic E-state index is -3.64. The standard InChI is InChI=1S/C13H18Cl2N2O2S/c1-8-5-9(2)7-17(6-8)20(18,19)11-4-3-10(14)13(16)12(11)15/h3-4,8-9H,5-7,16H2,1-2H3. The molecule has 1 aliphatic rings. The average molecular weight is 337 g/mol. The number of anilines is 1. The van der Waals surface area contributed by atoms with E-state index < -0.39 is 10.0 Å². The second-order valence-corrected chi connectivity index (χ2v) is 8.23. The third kappa shape index (κ3) is 2.91. The van der Waals surface area contributed by atoms with Crippen LogP contribution in [-0.2, 0) is 10.0 Å². The maximum absolute atomic E-state index is 12.7. The Kier molecular flexibility index (Phi) is 4.54. The van der Waals surface area contributed by atoms with Gasteiger partial charge >= 0.3 is 0 Å². The molecule has 2 rings (SSSR count). The molecule has 4 nitrogen and oxygen atoms in total. The van der Waals surface area contributed by atoms with Crippen LogP contribution in [0.5, 0.6) is 0 Å². The zero-order valence-electron chi connectivity index (χ0n) is 11.4. The molecule has 0 aliphatic carbocycles. The van der Waals surface area contributed by atoms with E-state index in [4.69, 9.17) is 28.9 Å². The summed E-state index contributed by atoms with van der Waals surface area (Å²) in [5, 5.41) is 0.262. The number of hydrogen-bond acceptors (Lipinski definition) is 3. The molecule has 7 heteroatoms. The highest BCUT2D eigenvalue weighted by atomic mass is 35.5. The SMILES string of the molecule is CC1CC(C)CN(S(=O)(=O)c2ccc(Cl)c(N)c2Cl)C1. The van der Waals surface area contributed by atoms with Gasteiger partial charge in [-0.2, -0.15) is 4.31 Å². The first-order valence-electron chi connectivity index (χ1n) is 6.47. The lowest BCUT2D eigenvalue weighted by molar-refractivity contribution is 0.222. The number of nitrogens with zero attached hydrogens (tertiary/aromatic N) is 1. The van der Waals surface area contributed by atoms with Crippen LogP contribution >= 0.6 is 23.2 Å². The van der Waals surface area contributed by atoms with Gasteiger partial charge in [0.2, 0.25) is 10.0 Å². The van der Waals surface area contributed by atoms with Crippen LogP contribution in [0.1, 0.15) is 20.3 Å². The molecule has 0 aromatic heterocycles. The summed E-state index contributed by atoms with van der Waals surface area (Å²) in [6.07, 6.45) is 1.03. The number of nitrogens with two attached hydrogens (primary N) is 1. The molecule has 0 bridgehead atoms. The van der Waals surface area contributed by atoms with Gasteiger partial charge in [-0.05, 0) is 30.4 Å². The highest BCUT2D eigenvalue weighted by Gasteiger charge is 2.33. The van der Waals surface area contributed by atoms with E-state index in [-0.39, 0.29) is 20.6 Å². The maximum Gasteiger partial charge on any atom is 0.244 e. The van der Waals surface area contributed by atoms with Crippen LogP contribution in [0.15, 0.2) is 17.0 Å². The number of benzene rings is 1. The topological polar surface area (TPSA) is 63.4 Å². The third-order valence-corrected chi connectivity index (χ3v) is 6.27. The molecule has 1 aromatic rings. The fourth-order valence-corrected chi connectivity index (χ4v) is 5.11. The van der Waals surface area contributed by atoms with Crippen molar-refractivity contribution >= 4 is 38.9 Å². The van der Waals surface area contributed by atoms with Crippen LogP contribution in [0.25, 0.3) is 0 Å². The fourth-order valence-electron chi connectivity index (χ4n) is 2.69. The van der Waals surface area contributed by atoms with Gasteiger partial charge in [0.25, 0.3) is 0 Å². The minimum absolute atomic E-state index is 0.00313. The van der Waals surface area contributed by atoms with Crippen molar-refractivity contribution in [2.75, 3.05) is 18.8 Å². The van der Waals surface area contributed by atoms with E-state index in [1.807, 2.05) is 0 Å². The van der Waals surface area contributed by atoms with Crippen LogP contribution in [-0.4, -0.2) is 25.8 Å². The first-order chi connectivity index (χ1) is 9.23. The number of hydrogen-bond donors (Lipinski definition) is 1. The summed E-state index contributed by atoms with van der Waals surface area (Å²) in [4.78, 5) is 0.0300. The zero-order chi connectivity index (χ0) is 15.1. The molecule has 1 saturated heterocycles. The molecule has 0 radical (unpaired) electrons. The summed E-state index contributed by atoms with van der Waals surface area (Å²) >= 11 is 11.9. The second-order valence-electron chi connectivity index (χ2n) is 5.54. The first kappa shape index (κ1) is 15.9. The summed E-state index contributed by atoms with van der Waals surface area (Å²) < 4.78 is 26.9. The van der Waals surface area contributed by atoms with Gasteiger partial charge in [0.1, 0.15) is 4.90 Å². The molecule has 0 spiro atoms. The zero-order valence-corrected chi connectivity index (χ0v) is 13.8. The van der Waals surface area contributed by atoms with Crippen LogP contribution in [0.3, 0.4) is 0 Å². The van der Waals surface area contributed by atoms with Gasteiger partial charge in [0, 0.05) is 13.1 Å². The van der Waals surface area contributed by atoms with Crippen molar-refractivity contribution in [2.45, 2.75) is 25.2 Å². The fraction of sp³-hybridized carbons (Fsp3) is 0.538. The Labute approximate surface area is 129 Å². The lowest BCUT2D eigenvalue weighted by Crippen LogP contribution is -2.42. The Morgan fingerprint density at radius 1 is 1.20 bits per heavy atom. The summed E-state index contributed by atoms with van der Waals surface area (Å²) in [5.74, 6) is 0.661. The van der Waals surface area contributed by atoms with Crippen molar-refractivity contribution in [3.05, 3.63) is 22.2 Å². The second kappa shape index (κ2) is 5.72. The van der Waals surface area contributed by atoms with Crippen molar-refractivity contribution in [3.8, 4) is 0 Å². The number of halogens is 2. The number of sulfonamides is 1. The van der Waals surface area contributed by atoms with Gasteiger partial charge < -0.3 is 5.73 Å². The predicted molar refractivity (Wildman–Crippen MR) is 82.6 cm³/mol. The smallest absolute Gasteiger partial charge is 0.244 e. The van der Waals surface area contributed by atoms with E-state index in [0.29, 0.717) is 24.9 Å². The van der Waals surface area contributed by atoms with Crippen LogP contribution in [0, 0.1) is 11.8 Å². The van der Waals surface area contributed by atoms with Gasteiger partial charge in [-0.3, -0.25) is 0 Å². The first-order valence-corrected chi connectivity index (χ1v) is 8.66. The normalized spacial score (nSPS) is 24.8. The van der Waals surface area contributed by atoms with E-state index in [2.05, 4.69) is 13.8 Å². The molecule has 112 valence electrons. The van der Waals surface area contributed by atoms with Crippen molar-refractivity contribution in [1.29, 1.82) is 0 Å². The number of nitrogen functional groups attached to an aromatic ring is 1. The largest absolute Gasteiger partial charge is 0.396 e. The Hall–Kier alpha value is -0.490. The van der Waals surface area contributed by atoms with Crippen molar-refractivity contribution < 1.29 is 8.42 Å². The van der Waals surface area contributed by atoms with Crippen LogP contribution in [0.2, 0.25) is 10.0 Å². The maximum atomic E-state index is 12.7. The van der Waals surface area contributed by atoms with Crippen molar-refractivity contribution in [3.63, 3.8) is 0 Å². The molecule has 2 N–H and O–H groups in total. The highest BCUT2D eigenvalue weighted by molar-refractivity contribution is 7.89. The minimum Gasteiger partial charge on any atom is -0.396 e. The molecule has 2 unspecified atom stereocenters. The van der Waals surface area contributed by atoms with Crippen LogP contribution < -0.4 is 5.73 Å². The molecule has 1 aromatic carbocycles. The van der Waals surface area contributed by atoms with Gasteiger partial charge in [0.05, 0.1) is 15.7 Å². The van der Waals surface area contributed by atoms with Gasteiger partial charge in [-0.15, -0.1) is 0 Å². The number of piperidine rings is 1. The summed E-state index contributed by atoms with van der Waals surface area (Å²) in [6.45, 7) is 5.11. The van der Waals surface area contributed by atoms with Crippen molar-refractivity contribution in [2.24, 2.45) is 11.8 Å². The van der Waals surface area contributed by atoms with E-state index >= 15 is 0 Å². The average Bonchev–Trinajstić information content (AvgIpc) is 2.34. The lowest BCUT2D eigenvalue weighted by atomic mass is 9.94. The van der Waals surface area contributed by atoms with Crippen molar-refractivity contribution in [1.82, 2.24) is 4.31 Å². The van der Waals surface area contributed by atoms with Crippen LogP contribution in [0.4, 0.5) is 5.69 Å². The lowest BCUT2D eigenvalue weighted by Gasteiger charge is -2.34. The van der Waals surface area contributed by atoms with E-state index in [1.165, 1.54) is 16.4 Å². The monoisotopic (exact) mass is 336 g/mol. The molecule has 1 heterocycles. The third-order valence-electron chi connectivity index (χ3n) is 3.54. The highest BCUT2D eigenvalue weighted by Crippen LogP contribution is 2.36. The Morgan fingerprint density at radius 3 is 2.30 bits per heavy atom. The molecule has 0 saturated carbocycles. The Bertz CT molecular complexity index is 609. The van der Waals surface area contributed by atoms with E-state index in [1.54, 1.807) is 0 Å². The van der Waals surface area contributed by atoms with E-state index in [9.17, 15) is 8.42 Å². The van der Waals surface area contributed by atoms with Gasteiger partial charge in [0.15, 0.2) is 0 Å². The van der Waals surface area contributed by atoms with Gasteiger partial charge in [-0.1, -0.05) is 37.0 Å². The molecular weight excluding hydrogens is 319 g/mol. The Balaban J connectivity index is 2.43. The summed E-state index contributed by atoms with van der Waals surface area (Å²) in [5.41, 5.74) is 5.82.